The quantitative estimate of drug-likeness (QED) is 0.412. The Morgan fingerprint density at radius 2 is 1.52 bits per heavy atom. The molecule has 5 rings (SSSR count). The average Bonchev–Trinajstić information content (AvgIpc) is 3.26. The van der Waals surface area contributed by atoms with Crippen LogP contribution in [0.5, 0.6) is 0 Å². The molecule has 4 aromatic rings. The monoisotopic (exact) mass is 357 g/mol. The second kappa shape index (κ2) is 6.25. The first-order valence-electron chi connectivity index (χ1n) is 8.65. The lowest BCUT2D eigenvalue weighted by Gasteiger charge is -2.13. The van der Waals surface area contributed by atoms with E-state index in [2.05, 4.69) is 34.6 Å². The van der Waals surface area contributed by atoms with Crippen LogP contribution in [0.4, 0.5) is 4.79 Å². The Labute approximate surface area is 154 Å². The van der Waals surface area contributed by atoms with Crippen molar-refractivity contribution in [1.82, 2.24) is 15.2 Å². The molecular weight excluding hydrogens is 342 g/mol. The van der Waals surface area contributed by atoms with Gasteiger partial charge >= 0.3 is 6.16 Å². The highest BCUT2D eigenvalue weighted by molar-refractivity contribution is 5.79. The van der Waals surface area contributed by atoms with Crippen LogP contribution in [0, 0.1) is 0 Å². The number of fused-ring (bicyclic) bond motifs is 4. The van der Waals surface area contributed by atoms with Crippen LogP contribution in [0.1, 0.15) is 17.0 Å². The molecule has 0 unspecified atom stereocenters. The molecule has 0 N–H and O–H groups in total. The smallest absolute Gasteiger partial charge is 0.432 e. The van der Waals surface area contributed by atoms with E-state index in [-0.39, 0.29) is 12.5 Å². The number of benzene rings is 3. The average molecular weight is 357 g/mol. The zero-order chi connectivity index (χ0) is 18.2. The second-order valence-corrected chi connectivity index (χ2v) is 6.33. The molecule has 0 bridgehead atoms. The van der Waals surface area contributed by atoms with E-state index < -0.39 is 6.16 Å². The van der Waals surface area contributed by atoms with E-state index in [1.165, 1.54) is 11.1 Å². The molecule has 0 amide bonds. The molecule has 0 aliphatic heterocycles. The standard InChI is InChI=1S/C21H15N3O3/c25-21(27-24-20-12-6-5-11-19(20)22-23-24)26-13-18-16-9-3-1-7-14(16)15-8-2-4-10-17(15)18/h1-12,18H,13H2. The topological polar surface area (TPSA) is 66.2 Å². The molecule has 1 aliphatic carbocycles. The van der Waals surface area contributed by atoms with Gasteiger partial charge in [0.15, 0.2) is 0 Å². The van der Waals surface area contributed by atoms with Crippen LogP contribution in [-0.4, -0.2) is 27.9 Å². The Kier molecular flexibility index (Phi) is 3.60. The molecule has 3 aromatic carbocycles. The first-order valence-corrected chi connectivity index (χ1v) is 8.65. The van der Waals surface area contributed by atoms with E-state index >= 15 is 0 Å². The van der Waals surface area contributed by atoms with Gasteiger partial charge in [-0.3, -0.25) is 4.84 Å². The summed E-state index contributed by atoms with van der Waals surface area (Å²) in [6, 6.07) is 23.6. The number of aromatic nitrogens is 3. The van der Waals surface area contributed by atoms with Gasteiger partial charge in [0, 0.05) is 5.92 Å². The number of para-hydroxylation sites is 1. The van der Waals surface area contributed by atoms with Crippen molar-refractivity contribution in [2.75, 3.05) is 6.61 Å². The summed E-state index contributed by atoms with van der Waals surface area (Å²) in [7, 11) is 0. The van der Waals surface area contributed by atoms with E-state index in [0.717, 1.165) is 16.0 Å². The Morgan fingerprint density at radius 1 is 0.889 bits per heavy atom. The van der Waals surface area contributed by atoms with E-state index in [4.69, 9.17) is 9.57 Å². The van der Waals surface area contributed by atoms with Crippen molar-refractivity contribution in [2.24, 2.45) is 0 Å². The van der Waals surface area contributed by atoms with Gasteiger partial charge in [-0.2, -0.15) is 0 Å². The fraction of sp³-hybridized carbons (Fsp3) is 0.0952. The summed E-state index contributed by atoms with van der Waals surface area (Å²) in [5, 5.41) is 7.78. The van der Waals surface area contributed by atoms with Crippen molar-refractivity contribution < 1.29 is 14.4 Å². The molecule has 0 radical (unpaired) electrons. The number of nitrogens with zero attached hydrogens (tertiary/aromatic N) is 3. The van der Waals surface area contributed by atoms with Crippen molar-refractivity contribution in [3.63, 3.8) is 0 Å². The van der Waals surface area contributed by atoms with Gasteiger partial charge in [-0.1, -0.05) is 65.5 Å². The predicted molar refractivity (Wildman–Crippen MR) is 99.2 cm³/mol. The summed E-state index contributed by atoms with van der Waals surface area (Å²) in [4.78, 5) is 18.5. The van der Waals surface area contributed by atoms with Crippen molar-refractivity contribution in [3.8, 4) is 11.1 Å². The van der Waals surface area contributed by atoms with Gasteiger partial charge in [0.25, 0.3) is 0 Å². The summed E-state index contributed by atoms with van der Waals surface area (Å²) in [5.41, 5.74) is 5.90. The van der Waals surface area contributed by atoms with Crippen LogP contribution >= 0.6 is 0 Å². The highest BCUT2D eigenvalue weighted by Gasteiger charge is 2.29. The molecule has 1 heterocycles. The zero-order valence-corrected chi connectivity index (χ0v) is 14.3. The SMILES string of the molecule is O=C(OCC1c2ccccc2-c2ccccc21)On1nnc2ccccc21. The minimum absolute atomic E-state index is 0.0163. The van der Waals surface area contributed by atoms with Gasteiger partial charge in [-0.05, 0) is 39.6 Å². The lowest BCUT2D eigenvalue weighted by molar-refractivity contribution is 0.0379. The summed E-state index contributed by atoms with van der Waals surface area (Å²) in [6.45, 7) is 0.194. The molecule has 1 aliphatic rings. The highest BCUT2D eigenvalue weighted by Crippen LogP contribution is 2.44. The maximum absolute atomic E-state index is 12.2. The molecule has 0 saturated carbocycles. The van der Waals surface area contributed by atoms with Gasteiger partial charge < -0.3 is 4.74 Å². The Hall–Kier alpha value is -3.67. The molecule has 6 nitrogen and oxygen atoms in total. The third kappa shape index (κ3) is 2.62. The Bertz CT molecular complexity index is 1110. The fourth-order valence-electron chi connectivity index (χ4n) is 3.60. The number of hydrogen-bond acceptors (Lipinski definition) is 5. The third-order valence-electron chi connectivity index (χ3n) is 4.81. The maximum Gasteiger partial charge on any atom is 0.535 e. The molecule has 0 saturated heterocycles. The van der Waals surface area contributed by atoms with Crippen LogP contribution in [-0.2, 0) is 4.74 Å². The zero-order valence-electron chi connectivity index (χ0n) is 14.3. The molecular formula is C21H15N3O3. The number of ether oxygens (including phenoxy) is 1. The minimum Gasteiger partial charge on any atom is -0.432 e. The van der Waals surface area contributed by atoms with Crippen LogP contribution in [0.25, 0.3) is 22.2 Å². The summed E-state index contributed by atoms with van der Waals surface area (Å²) in [6.07, 6.45) is -0.812. The number of hydrogen-bond donors (Lipinski definition) is 0. The first-order chi connectivity index (χ1) is 13.3. The fourth-order valence-corrected chi connectivity index (χ4v) is 3.60. The molecule has 6 heteroatoms. The lowest BCUT2D eigenvalue weighted by atomic mass is 9.98. The number of carbonyl (C=O) groups excluding carboxylic acids is 1. The van der Waals surface area contributed by atoms with Crippen molar-refractivity contribution in [3.05, 3.63) is 83.9 Å². The van der Waals surface area contributed by atoms with E-state index in [0.29, 0.717) is 11.0 Å². The van der Waals surface area contributed by atoms with Gasteiger partial charge in [-0.25, -0.2) is 4.79 Å². The van der Waals surface area contributed by atoms with Gasteiger partial charge in [0.2, 0.25) is 0 Å². The van der Waals surface area contributed by atoms with Crippen LogP contribution in [0.2, 0.25) is 0 Å². The van der Waals surface area contributed by atoms with Crippen LogP contribution < -0.4 is 4.84 Å². The maximum atomic E-state index is 12.2. The Morgan fingerprint density at radius 3 is 2.26 bits per heavy atom. The molecule has 1 aromatic heterocycles. The largest absolute Gasteiger partial charge is 0.535 e. The minimum atomic E-state index is -0.812. The highest BCUT2D eigenvalue weighted by atomic mass is 16.8. The van der Waals surface area contributed by atoms with Gasteiger partial charge in [-0.15, -0.1) is 5.10 Å². The number of carbonyl (C=O) groups is 1. The Balaban J connectivity index is 1.35. The van der Waals surface area contributed by atoms with E-state index in [9.17, 15) is 4.79 Å². The first kappa shape index (κ1) is 15.6. The lowest BCUT2D eigenvalue weighted by Crippen LogP contribution is -2.23. The van der Waals surface area contributed by atoms with Crippen LogP contribution in [0.15, 0.2) is 72.8 Å². The predicted octanol–water partition coefficient (Wildman–Crippen LogP) is 3.81. The second-order valence-electron chi connectivity index (χ2n) is 6.33. The molecule has 132 valence electrons. The van der Waals surface area contributed by atoms with Crippen molar-refractivity contribution >= 4 is 17.2 Å². The van der Waals surface area contributed by atoms with Crippen molar-refractivity contribution in [1.29, 1.82) is 0 Å². The van der Waals surface area contributed by atoms with E-state index in [1.54, 1.807) is 12.1 Å². The molecule has 0 atom stereocenters. The summed E-state index contributed by atoms with van der Waals surface area (Å²) >= 11 is 0. The van der Waals surface area contributed by atoms with E-state index in [1.807, 2.05) is 36.4 Å². The summed E-state index contributed by atoms with van der Waals surface area (Å²) < 4.78 is 5.41. The summed E-state index contributed by atoms with van der Waals surface area (Å²) in [5.74, 6) is -0.0163. The third-order valence-corrected chi connectivity index (χ3v) is 4.81. The van der Waals surface area contributed by atoms with Crippen LogP contribution in [0.3, 0.4) is 0 Å². The van der Waals surface area contributed by atoms with Gasteiger partial charge in [0.1, 0.15) is 17.6 Å². The molecule has 27 heavy (non-hydrogen) atoms. The normalized spacial score (nSPS) is 12.6. The van der Waals surface area contributed by atoms with Gasteiger partial charge in [0.05, 0.1) is 0 Å². The molecule has 0 spiro atoms. The molecule has 0 fully saturated rings. The number of rotatable bonds is 3. The van der Waals surface area contributed by atoms with Crippen molar-refractivity contribution in [2.45, 2.75) is 5.92 Å².